The van der Waals surface area contributed by atoms with E-state index in [2.05, 4.69) is 26.6 Å². The number of hydrogen-bond donors (Lipinski definition) is 7. The largest absolute Gasteiger partial charge is 0.370 e. The molecule has 9 amide bonds. The normalized spacial score (nSPS) is 15.8. The highest BCUT2D eigenvalue weighted by Gasteiger charge is 2.37. The van der Waals surface area contributed by atoms with E-state index in [1.54, 1.807) is 60.7 Å². The van der Waals surface area contributed by atoms with Crippen molar-refractivity contribution in [3.8, 4) is 0 Å². The molecule has 0 bridgehead atoms. The molecule has 0 saturated carbocycles. The van der Waals surface area contributed by atoms with Gasteiger partial charge in [-0.15, -0.1) is 0 Å². The van der Waals surface area contributed by atoms with Crippen molar-refractivity contribution >= 4 is 64.9 Å². The second-order valence-electron chi connectivity index (χ2n) is 15.8. The Labute approximate surface area is 366 Å². The highest BCUT2D eigenvalue weighted by Crippen LogP contribution is 2.16. The highest BCUT2D eigenvalue weighted by molar-refractivity contribution is 7.98. The van der Waals surface area contributed by atoms with Crippen molar-refractivity contribution in [3.05, 3.63) is 71.8 Å². The van der Waals surface area contributed by atoms with Crippen LogP contribution in [0, 0.1) is 5.92 Å². The Morgan fingerprint density at radius 3 is 1.87 bits per heavy atom. The molecule has 6 atom stereocenters. The number of carbonyl (C=O) groups excluding carboxylic acids is 9. The van der Waals surface area contributed by atoms with Crippen molar-refractivity contribution in [2.75, 3.05) is 32.6 Å². The van der Waals surface area contributed by atoms with E-state index >= 15 is 0 Å². The predicted octanol–water partition coefficient (Wildman–Crippen LogP) is -0.475. The summed E-state index contributed by atoms with van der Waals surface area (Å²) in [5, 5.41) is 13.2. The molecule has 0 aliphatic carbocycles. The lowest BCUT2D eigenvalue weighted by Crippen LogP contribution is -2.59. The van der Waals surface area contributed by atoms with Crippen molar-refractivity contribution in [1.29, 1.82) is 0 Å². The number of hydrogen-bond acceptors (Lipinski definition) is 10. The summed E-state index contributed by atoms with van der Waals surface area (Å²) in [5.74, 6) is -5.18. The van der Waals surface area contributed by atoms with E-state index in [1.165, 1.54) is 30.8 Å². The molecular formula is C43H61N9O9S. The van der Waals surface area contributed by atoms with Crippen LogP contribution >= 0.6 is 11.8 Å². The monoisotopic (exact) mass is 879 g/mol. The quantitative estimate of drug-likeness (QED) is 0.0674. The SMILES string of the molecule is CSCC[C@H](NC(=O)[C@H](CC(C)C)NC(=O)CN(C)C(=O)[C@H](Cc1ccccc1)N(C)C(=O)[C@H](Cc1ccccc1)NC(=O)[C@H](CCC(N)=O)NC(=O)[C@H]1CCC(=O)N1)C(N)=O. The maximum absolute atomic E-state index is 14.6. The van der Waals surface area contributed by atoms with Gasteiger partial charge in [-0.1, -0.05) is 74.5 Å². The number of amides is 9. The van der Waals surface area contributed by atoms with Crippen LogP contribution in [-0.4, -0.2) is 132 Å². The topological polar surface area (TPSA) is 272 Å². The summed E-state index contributed by atoms with van der Waals surface area (Å²) in [7, 11) is 2.81. The number of nitrogens with zero attached hydrogens (tertiary/aromatic N) is 2. The van der Waals surface area contributed by atoms with Crippen molar-refractivity contribution in [1.82, 2.24) is 36.4 Å². The zero-order chi connectivity index (χ0) is 45.9. The molecule has 0 radical (unpaired) electrons. The average molecular weight is 880 g/mol. The maximum atomic E-state index is 14.6. The van der Waals surface area contributed by atoms with E-state index in [1.807, 2.05) is 20.1 Å². The van der Waals surface area contributed by atoms with Crippen molar-refractivity contribution in [2.24, 2.45) is 17.4 Å². The number of carbonyl (C=O) groups is 9. The molecule has 1 fully saturated rings. The van der Waals surface area contributed by atoms with Gasteiger partial charge >= 0.3 is 0 Å². The number of nitrogens with one attached hydrogen (secondary N) is 5. The summed E-state index contributed by atoms with van der Waals surface area (Å²) in [6.07, 6.45) is 2.27. The second kappa shape index (κ2) is 25.1. The summed E-state index contributed by atoms with van der Waals surface area (Å²) in [4.78, 5) is 121. The lowest BCUT2D eigenvalue weighted by Gasteiger charge is -2.34. The lowest BCUT2D eigenvalue weighted by atomic mass is 10.00. The number of thioether (sulfide) groups is 1. The first kappa shape index (κ1) is 50.4. The third-order valence-corrected chi connectivity index (χ3v) is 10.9. The van der Waals surface area contributed by atoms with Crippen LogP contribution in [0.1, 0.15) is 63.5 Å². The summed E-state index contributed by atoms with van der Waals surface area (Å²) >= 11 is 1.49. The minimum atomic E-state index is -1.31. The van der Waals surface area contributed by atoms with Gasteiger partial charge in [0.05, 0.1) is 6.54 Å². The maximum Gasteiger partial charge on any atom is 0.245 e. The zero-order valence-electron chi connectivity index (χ0n) is 36.0. The van der Waals surface area contributed by atoms with E-state index in [0.717, 1.165) is 4.90 Å². The van der Waals surface area contributed by atoms with Crippen LogP contribution in [0.2, 0.25) is 0 Å². The first-order chi connectivity index (χ1) is 29.4. The first-order valence-electron chi connectivity index (χ1n) is 20.6. The Balaban J connectivity index is 1.89. The molecule has 1 saturated heterocycles. The molecule has 1 aliphatic heterocycles. The molecule has 1 aliphatic rings. The highest BCUT2D eigenvalue weighted by atomic mass is 32.2. The molecule has 62 heavy (non-hydrogen) atoms. The number of likely N-dealkylation sites (N-methyl/N-ethyl adjacent to an activating group) is 2. The summed E-state index contributed by atoms with van der Waals surface area (Å²) in [6.45, 7) is 3.24. The Hall–Kier alpha value is -5.98. The van der Waals surface area contributed by atoms with Gasteiger partial charge in [0.15, 0.2) is 0 Å². The van der Waals surface area contributed by atoms with Crippen LogP contribution in [-0.2, 0) is 56.0 Å². The van der Waals surface area contributed by atoms with Gasteiger partial charge in [-0.2, -0.15) is 11.8 Å². The van der Waals surface area contributed by atoms with E-state index in [-0.39, 0.29) is 56.8 Å². The average Bonchev–Trinajstić information content (AvgIpc) is 3.68. The molecule has 0 spiro atoms. The van der Waals surface area contributed by atoms with Crippen molar-refractivity contribution in [3.63, 3.8) is 0 Å². The fourth-order valence-corrected chi connectivity index (χ4v) is 7.34. The zero-order valence-corrected chi connectivity index (χ0v) is 36.8. The minimum absolute atomic E-state index is 0.0210. The molecule has 3 rings (SSSR count). The van der Waals surface area contributed by atoms with Crippen molar-refractivity contribution in [2.45, 2.75) is 101 Å². The molecular weight excluding hydrogens is 819 g/mol. The molecule has 18 nitrogen and oxygen atoms in total. The number of benzene rings is 2. The Bertz CT molecular complexity index is 1890. The number of rotatable bonds is 25. The summed E-state index contributed by atoms with van der Waals surface area (Å²) < 4.78 is 0. The molecule has 2 aromatic carbocycles. The Morgan fingerprint density at radius 2 is 1.34 bits per heavy atom. The van der Waals surface area contributed by atoms with Crippen LogP contribution in [0.25, 0.3) is 0 Å². The number of nitrogens with two attached hydrogens (primary N) is 2. The molecule has 2 aromatic rings. The summed E-state index contributed by atoms with van der Waals surface area (Å²) in [5.41, 5.74) is 12.3. The van der Waals surface area contributed by atoms with E-state index in [9.17, 15) is 43.2 Å². The Morgan fingerprint density at radius 1 is 0.758 bits per heavy atom. The van der Waals surface area contributed by atoms with Gasteiger partial charge in [0.2, 0.25) is 53.2 Å². The third kappa shape index (κ3) is 16.5. The van der Waals surface area contributed by atoms with E-state index < -0.39 is 90.1 Å². The predicted molar refractivity (Wildman–Crippen MR) is 233 cm³/mol. The second-order valence-corrected chi connectivity index (χ2v) is 16.8. The fraction of sp³-hybridized carbons (Fsp3) is 0.512. The standard InChI is InChI=1S/C43H61N9O9S/c1-26(2)22-32(41(59)48-29(38(45)56)20-21-62-5)47-37(55)25-51(3)43(61)34(24-28-14-10-7-11-15-28)52(4)42(60)33(23-27-12-8-6-9-13-27)50-40(58)31(16-18-35(44)53)49-39(57)30-17-19-36(54)46-30/h6-15,26,29-34H,16-25H2,1-5H3,(H2,44,53)(H2,45,56)(H,46,54)(H,47,55)(H,48,59)(H,49,57)(H,50,58)/t29-,30+,31-,32-,33-,34-/m0/s1. The molecule has 0 aromatic heterocycles. The van der Waals surface area contributed by atoms with Gasteiger partial charge < -0.3 is 47.9 Å². The van der Waals surface area contributed by atoms with Gasteiger partial charge in [-0.05, 0) is 54.7 Å². The fourth-order valence-electron chi connectivity index (χ4n) is 6.87. The van der Waals surface area contributed by atoms with Gasteiger partial charge in [-0.25, -0.2) is 0 Å². The summed E-state index contributed by atoms with van der Waals surface area (Å²) in [6, 6.07) is 11.1. The van der Waals surface area contributed by atoms with Crippen molar-refractivity contribution < 1.29 is 43.2 Å². The number of primary amides is 2. The molecule has 338 valence electrons. The molecule has 0 unspecified atom stereocenters. The van der Waals surface area contributed by atoms with Gasteiger partial charge in [0, 0.05) is 39.8 Å². The molecule has 9 N–H and O–H groups in total. The van der Waals surface area contributed by atoms with Crippen LogP contribution < -0.4 is 38.1 Å². The Kier molecular flexibility index (Phi) is 20.4. The van der Waals surface area contributed by atoms with Crippen LogP contribution in [0.15, 0.2) is 60.7 Å². The van der Waals surface area contributed by atoms with E-state index in [0.29, 0.717) is 23.3 Å². The third-order valence-electron chi connectivity index (χ3n) is 10.3. The van der Waals surface area contributed by atoms with Crippen LogP contribution in [0.4, 0.5) is 0 Å². The van der Waals surface area contributed by atoms with Gasteiger partial charge in [0.1, 0.15) is 36.3 Å². The molecule has 1 heterocycles. The lowest BCUT2D eigenvalue weighted by molar-refractivity contribution is -0.147. The van der Waals surface area contributed by atoms with E-state index in [4.69, 9.17) is 11.5 Å². The first-order valence-corrected chi connectivity index (χ1v) is 21.9. The van der Waals surface area contributed by atoms with Crippen LogP contribution in [0.3, 0.4) is 0 Å². The smallest absolute Gasteiger partial charge is 0.245 e. The minimum Gasteiger partial charge on any atom is -0.370 e. The van der Waals surface area contributed by atoms with Crippen LogP contribution in [0.5, 0.6) is 0 Å². The molecule has 19 heteroatoms. The van der Waals surface area contributed by atoms with Gasteiger partial charge in [-0.3, -0.25) is 43.2 Å². The van der Waals surface area contributed by atoms with Gasteiger partial charge in [0.25, 0.3) is 0 Å².